The van der Waals surface area contributed by atoms with Gasteiger partial charge in [-0.1, -0.05) is 39.8 Å². The second kappa shape index (κ2) is 39.5. The van der Waals surface area contributed by atoms with Gasteiger partial charge in [-0.15, -0.1) is 0 Å². The lowest BCUT2D eigenvalue weighted by Gasteiger charge is -2.28. The molecule has 1 aromatic carbocycles. The summed E-state index contributed by atoms with van der Waals surface area (Å²) in [5.41, 5.74) is 17.8. The summed E-state index contributed by atoms with van der Waals surface area (Å²) >= 11 is 0. The molecule has 32 nitrogen and oxygen atoms in total. The Balaban J connectivity index is 3.21. The van der Waals surface area contributed by atoms with Crippen molar-refractivity contribution in [2.45, 2.75) is 179 Å². The smallest absolute Gasteiger partial charge is 0.328 e. The van der Waals surface area contributed by atoms with Crippen LogP contribution in [0.25, 0.3) is 0 Å². The highest BCUT2D eigenvalue weighted by Crippen LogP contribution is 2.13. The summed E-state index contributed by atoms with van der Waals surface area (Å²) in [5, 5.41) is 74.4. The van der Waals surface area contributed by atoms with Crippen molar-refractivity contribution in [2.75, 3.05) is 32.8 Å². The lowest BCUT2D eigenvalue weighted by Crippen LogP contribution is -2.61. The molecule has 22 N–H and O–H groups in total. The van der Waals surface area contributed by atoms with Gasteiger partial charge in [-0.25, -0.2) is 4.79 Å². The number of unbranched alkanes of at least 4 members (excludes halogenated alkanes) is 2. The van der Waals surface area contributed by atoms with E-state index in [0.29, 0.717) is 44.2 Å². The lowest BCUT2D eigenvalue weighted by molar-refractivity contribution is -0.143. The number of benzene rings is 1. The second-order valence-corrected chi connectivity index (χ2v) is 21.4. The molecule has 32 heteroatoms. The Bertz CT molecular complexity index is 2450. The second-order valence-electron chi connectivity index (χ2n) is 21.4. The predicted octanol–water partition coefficient (Wildman–Crippen LogP) is -5.82. The van der Waals surface area contributed by atoms with Crippen molar-refractivity contribution in [3.8, 4) is 5.75 Å². The van der Waals surface area contributed by atoms with Gasteiger partial charge in [0, 0.05) is 12.8 Å². The third kappa shape index (κ3) is 29.2. The van der Waals surface area contributed by atoms with Crippen LogP contribution in [0.15, 0.2) is 24.3 Å². The van der Waals surface area contributed by atoms with Crippen LogP contribution in [0, 0.1) is 11.8 Å². The molecule has 0 saturated heterocycles. The summed E-state index contributed by atoms with van der Waals surface area (Å²) < 4.78 is 0. The van der Waals surface area contributed by atoms with Crippen LogP contribution >= 0.6 is 0 Å². The van der Waals surface area contributed by atoms with E-state index in [0.717, 1.165) is 13.8 Å². The minimum Gasteiger partial charge on any atom is -0.508 e. The summed E-state index contributed by atoms with van der Waals surface area (Å²) in [6.07, 6.45) is -0.548. The molecule has 0 aromatic heterocycles. The van der Waals surface area contributed by atoms with Gasteiger partial charge < -0.3 is 101 Å². The maximum Gasteiger partial charge on any atom is 0.328 e. The Morgan fingerprint density at radius 1 is 0.488 bits per heavy atom. The molecule has 0 saturated carbocycles. The first-order valence-electron chi connectivity index (χ1n) is 28.3. The van der Waals surface area contributed by atoms with Gasteiger partial charge in [-0.3, -0.25) is 57.5 Å². The molecular formula is C54H90N14O18. The molecule has 484 valence electrons. The molecule has 0 spiro atoms. The number of hydrogen-bond acceptors (Lipinski definition) is 19. The number of nitrogens with two attached hydrogens (primary N) is 3. The van der Waals surface area contributed by atoms with Crippen molar-refractivity contribution in [3.05, 3.63) is 29.8 Å². The SMILES string of the molecule is CC(C)C[C@H](N)C(=O)N[C@@H](CCCCN)C(=O)N[C@@H](CCCCN)C(=O)NCC(=O)N[C@@H](Cc1ccc(O)cc1)C(=O)N[C@H](C(=O)N[C@H](C(=O)NCC(=O)N[C@@H](C)C(=O)N[C@@H](CCC(=O)O)C(=O)N[C@@H](C)C(=O)N[C@@H](CO)C(=O)O)C(C)C)[C@@H](C)O. The average molecular weight is 1220 g/mol. The number of aliphatic hydroxyl groups excluding tert-OH is 2. The Morgan fingerprint density at radius 2 is 0.942 bits per heavy atom. The number of hydrogen-bond donors (Lipinski definition) is 19. The molecule has 1 rings (SSSR count). The number of carboxylic acids is 2. The molecule has 0 aliphatic rings. The molecule has 86 heavy (non-hydrogen) atoms. The number of carbonyl (C=O) groups is 13. The van der Waals surface area contributed by atoms with E-state index in [1.165, 1.54) is 45.0 Å². The topological polar surface area (TPSA) is 533 Å². The minimum atomic E-state index is -1.79. The van der Waals surface area contributed by atoms with E-state index in [4.69, 9.17) is 22.3 Å². The zero-order valence-electron chi connectivity index (χ0n) is 49.7. The fourth-order valence-corrected chi connectivity index (χ4v) is 8.07. The van der Waals surface area contributed by atoms with Gasteiger partial charge in [-0.2, -0.15) is 0 Å². The molecule has 0 heterocycles. The first kappa shape index (κ1) is 75.9. The van der Waals surface area contributed by atoms with Crippen LogP contribution in [0.2, 0.25) is 0 Å². The molecule has 0 bridgehead atoms. The largest absolute Gasteiger partial charge is 0.508 e. The van der Waals surface area contributed by atoms with Crippen molar-refractivity contribution in [1.29, 1.82) is 0 Å². The molecular weight excluding hydrogens is 1130 g/mol. The number of phenols is 1. The Kier molecular flexibility index (Phi) is 34.9. The van der Waals surface area contributed by atoms with Crippen molar-refractivity contribution in [3.63, 3.8) is 0 Å². The zero-order valence-corrected chi connectivity index (χ0v) is 49.7. The van der Waals surface area contributed by atoms with Gasteiger partial charge in [-0.05, 0) is 115 Å². The lowest BCUT2D eigenvalue weighted by atomic mass is 10.0. The normalized spacial score (nSPS) is 15.0. The third-order valence-electron chi connectivity index (χ3n) is 13.0. The summed E-state index contributed by atoms with van der Waals surface area (Å²) in [7, 11) is 0. The van der Waals surface area contributed by atoms with E-state index >= 15 is 0 Å². The third-order valence-corrected chi connectivity index (χ3v) is 13.0. The van der Waals surface area contributed by atoms with Gasteiger partial charge in [0.25, 0.3) is 0 Å². The van der Waals surface area contributed by atoms with Gasteiger partial charge in [0.05, 0.1) is 31.8 Å². The van der Waals surface area contributed by atoms with Crippen LogP contribution in [0.5, 0.6) is 5.75 Å². The van der Waals surface area contributed by atoms with Crippen LogP contribution < -0.4 is 75.7 Å². The van der Waals surface area contributed by atoms with Crippen molar-refractivity contribution in [2.24, 2.45) is 29.0 Å². The number of phenolic OH excluding ortho intramolecular Hbond substituents is 1. The maximum atomic E-state index is 14.1. The van der Waals surface area contributed by atoms with Crippen LogP contribution in [0.1, 0.15) is 112 Å². The van der Waals surface area contributed by atoms with E-state index in [9.17, 15) is 82.8 Å². The fraction of sp³-hybridized carbons (Fsp3) is 0.648. The fourth-order valence-electron chi connectivity index (χ4n) is 8.07. The number of carboxylic acid groups (broad SMARTS) is 2. The number of rotatable bonds is 41. The van der Waals surface area contributed by atoms with E-state index in [1.807, 2.05) is 19.2 Å². The maximum absolute atomic E-state index is 14.1. The van der Waals surface area contributed by atoms with Crippen LogP contribution in [-0.2, 0) is 68.7 Å². The Morgan fingerprint density at radius 3 is 1.44 bits per heavy atom. The summed E-state index contributed by atoms with van der Waals surface area (Å²) in [6.45, 7) is 8.41. The number of carbonyl (C=O) groups excluding carboxylic acids is 11. The van der Waals surface area contributed by atoms with Gasteiger partial charge in [0.2, 0.25) is 65.0 Å². The number of aliphatic carboxylic acids is 2. The highest BCUT2D eigenvalue weighted by atomic mass is 16.4. The molecule has 1 aromatic rings. The van der Waals surface area contributed by atoms with E-state index in [-0.39, 0.29) is 37.5 Å². The summed E-state index contributed by atoms with van der Waals surface area (Å²) in [5.74, 6) is -13.7. The van der Waals surface area contributed by atoms with Crippen LogP contribution in [0.4, 0.5) is 0 Å². The highest BCUT2D eigenvalue weighted by molar-refractivity contribution is 5.98. The number of amides is 11. The van der Waals surface area contributed by atoms with Crippen LogP contribution in [0.3, 0.4) is 0 Å². The number of nitrogens with one attached hydrogen (secondary N) is 11. The predicted molar refractivity (Wildman–Crippen MR) is 308 cm³/mol. The Hall–Kier alpha value is -8.07. The van der Waals surface area contributed by atoms with Crippen molar-refractivity contribution >= 4 is 76.9 Å². The monoisotopic (exact) mass is 1220 g/mol. The van der Waals surface area contributed by atoms with E-state index in [1.54, 1.807) is 0 Å². The average Bonchev–Trinajstić information content (AvgIpc) is 3.37. The van der Waals surface area contributed by atoms with Crippen molar-refractivity contribution < 1.29 is 87.9 Å². The zero-order chi connectivity index (χ0) is 65.4. The summed E-state index contributed by atoms with van der Waals surface area (Å²) in [6, 6.07) is -8.56. The quantitative estimate of drug-likeness (QED) is 0.0272. The molecule has 0 aliphatic carbocycles. The molecule has 11 atom stereocenters. The standard InChI is InChI=1S/C54H90N14O18/c1-27(2)22-34(57)47(78)64-36(13-9-11-21-56)50(81)65-35(12-8-10-20-55)48(79)58-25-41(73)62-38(23-32-14-16-33(71)17-15-32)51(82)68-44(31(7)70)53(84)67-43(28(3)4)52(83)59-24-40(72)60-29(5)45(76)63-37(18-19-42(74)75)49(80)61-30(6)46(77)66-39(26-69)54(85)86/h14-17,27-31,34-39,43-44,69-71H,8-13,18-26,55-57H2,1-7H3,(H,58,79)(H,59,83)(H,60,72)(H,61,80)(H,62,73)(H,63,76)(H,64,78)(H,65,81)(H,66,77)(H,67,84)(H,68,82)(H,74,75)(H,85,86)/t29-,30-,31+,34-,35-,36-,37-,38-,39-,43-,44-/m0/s1. The van der Waals surface area contributed by atoms with Gasteiger partial charge >= 0.3 is 11.9 Å². The van der Waals surface area contributed by atoms with E-state index in [2.05, 4.69) is 53.2 Å². The number of aromatic hydroxyl groups is 1. The van der Waals surface area contributed by atoms with Gasteiger partial charge in [0.15, 0.2) is 0 Å². The summed E-state index contributed by atoms with van der Waals surface area (Å²) in [4.78, 5) is 170. The van der Waals surface area contributed by atoms with Crippen molar-refractivity contribution in [1.82, 2.24) is 58.5 Å². The first-order valence-corrected chi connectivity index (χ1v) is 28.3. The number of aliphatic hydroxyl groups is 2. The van der Waals surface area contributed by atoms with E-state index < -0.39 is 182 Å². The molecule has 0 radical (unpaired) electrons. The molecule has 11 amide bonds. The van der Waals surface area contributed by atoms with Gasteiger partial charge in [0.1, 0.15) is 60.1 Å². The first-order chi connectivity index (χ1) is 40.3. The minimum absolute atomic E-state index is 0.0860. The Labute approximate surface area is 498 Å². The molecule has 0 fully saturated rings. The highest BCUT2D eigenvalue weighted by Gasteiger charge is 2.35. The molecule has 0 aliphatic heterocycles. The van der Waals surface area contributed by atoms with Crippen LogP contribution in [-0.4, -0.2) is 202 Å². The molecule has 0 unspecified atom stereocenters.